The number of hydrogen-bond donors (Lipinski definition) is 0. The van der Waals surface area contributed by atoms with Gasteiger partial charge in [0.25, 0.3) is 0 Å². The fourth-order valence-electron chi connectivity index (χ4n) is 3.85. The Labute approximate surface area is 171 Å². The van der Waals surface area contributed by atoms with Gasteiger partial charge in [0.15, 0.2) is 11.3 Å². The molecule has 0 spiro atoms. The molecule has 1 atom stereocenters. The van der Waals surface area contributed by atoms with Gasteiger partial charge in [-0.1, -0.05) is 23.1 Å². The Hall–Kier alpha value is -1.36. The van der Waals surface area contributed by atoms with Crippen molar-refractivity contribution in [2.45, 2.75) is 33.6 Å². The Morgan fingerprint density at radius 2 is 1.68 bits per heavy atom. The summed E-state index contributed by atoms with van der Waals surface area (Å²) in [4.78, 5) is 34.1. The Morgan fingerprint density at radius 1 is 1.04 bits per heavy atom. The van der Waals surface area contributed by atoms with Gasteiger partial charge >= 0.3 is 0 Å². The fourth-order valence-corrected chi connectivity index (χ4v) is 4.11. The molecule has 28 heavy (non-hydrogen) atoms. The summed E-state index contributed by atoms with van der Waals surface area (Å²) in [6, 6.07) is 3.82. The summed E-state index contributed by atoms with van der Waals surface area (Å²) in [7, 11) is 2.27. The van der Waals surface area contributed by atoms with Crippen molar-refractivity contribution in [1.29, 1.82) is 0 Å². The minimum atomic E-state index is 0.0574. The van der Waals surface area contributed by atoms with Gasteiger partial charge in [0, 0.05) is 44.5 Å². The highest BCUT2D eigenvalue weighted by atomic mass is 31.0. The van der Waals surface area contributed by atoms with Crippen LogP contribution in [0.25, 0.3) is 0 Å². The van der Waals surface area contributed by atoms with E-state index in [1.54, 1.807) is 13.1 Å². The second kappa shape index (κ2) is 11.6. The third-order valence-electron chi connectivity index (χ3n) is 5.45. The Morgan fingerprint density at radius 3 is 2.18 bits per heavy atom. The molecular weight excluding hydrogens is 371 g/mol. The number of pyridine rings is 1. The zero-order chi connectivity index (χ0) is 20.5. The lowest BCUT2D eigenvalue weighted by Gasteiger charge is -2.39. The average Bonchev–Trinajstić information content (AvgIpc) is 2.71. The number of rotatable bonds is 6. The van der Waals surface area contributed by atoms with Crippen LogP contribution in [0.3, 0.4) is 0 Å². The van der Waals surface area contributed by atoms with E-state index in [1.807, 2.05) is 26.0 Å². The summed E-state index contributed by atoms with van der Waals surface area (Å²) in [5.74, 6) is 1.76. The summed E-state index contributed by atoms with van der Waals surface area (Å²) >= 11 is 0. The Balaban J connectivity index is 0.00000136. The fraction of sp³-hybridized carbons (Fsp3) is 0.667. The van der Waals surface area contributed by atoms with E-state index in [1.165, 1.54) is 12.8 Å². The van der Waals surface area contributed by atoms with Gasteiger partial charge in [-0.3, -0.25) is 19.4 Å². The summed E-state index contributed by atoms with van der Waals surface area (Å²) in [6.07, 6.45) is 4.05. The van der Waals surface area contributed by atoms with Crippen LogP contribution in [0.2, 0.25) is 0 Å². The number of piperidine rings is 1. The van der Waals surface area contributed by atoms with Gasteiger partial charge in [0.1, 0.15) is 5.82 Å². The molecule has 7 heteroatoms. The van der Waals surface area contributed by atoms with Gasteiger partial charge < -0.3 is 4.90 Å². The molecule has 0 amide bonds. The third-order valence-corrected chi connectivity index (χ3v) is 5.64. The molecule has 6 nitrogen and oxygen atoms in total. The van der Waals surface area contributed by atoms with E-state index in [2.05, 4.69) is 28.9 Å². The van der Waals surface area contributed by atoms with Gasteiger partial charge in [-0.15, -0.1) is 0 Å². The molecule has 2 saturated heterocycles. The number of nitrogens with zero attached hydrogens (tertiary/aromatic N) is 4. The molecule has 0 aliphatic carbocycles. The van der Waals surface area contributed by atoms with E-state index >= 15 is 0 Å². The summed E-state index contributed by atoms with van der Waals surface area (Å²) in [6.45, 7) is 13.5. The van der Waals surface area contributed by atoms with Crippen LogP contribution in [0, 0.1) is 5.92 Å². The van der Waals surface area contributed by atoms with Crippen molar-refractivity contribution in [3.05, 3.63) is 23.9 Å². The first-order valence-electron chi connectivity index (χ1n) is 10.5. The van der Waals surface area contributed by atoms with Crippen molar-refractivity contribution in [2.24, 2.45) is 5.92 Å². The molecule has 3 rings (SSSR count). The molecule has 156 valence electrons. The highest BCUT2D eigenvalue weighted by molar-refractivity contribution is 7.40. The van der Waals surface area contributed by atoms with Crippen molar-refractivity contribution < 1.29 is 9.59 Å². The summed E-state index contributed by atoms with van der Waals surface area (Å²) in [5.41, 5.74) is 0.853. The van der Waals surface area contributed by atoms with Crippen LogP contribution in [-0.4, -0.2) is 78.4 Å². The lowest BCUT2D eigenvalue weighted by Crippen LogP contribution is -2.49. The molecular formula is C21H35N4O2P. The first-order valence-corrected chi connectivity index (χ1v) is 11.0. The van der Waals surface area contributed by atoms with E-state index in [0.29, 0.717) is 12.1 Å². The van der Waals surface area contributed by atoms with E-state index in [4.69, 9.17) is 0 Å². The largest absolute Gasteiger partial charge is 0.354 e. The maximum Gasteiger partial charge on any atom is 0.162 e. The molecule has 0 saturated carbocycles. The summed E-state index contributed by atoms with van der Waals surface area (Å²) in [5, 5.41) is 0. The topological polar surface area (TPSA) is 56.8 Å². The zero-order valence-corrected chi connectivity index (χ0v) is 18.7. The monoisotopic (exact) mass is 406 g/mol. The maximum atomic E-state index is 11.4. The number of piperazine rings is 1. The van der Waals surface area contributed by atoms with Gasteiger partial charge in [0.05, 0.1) is 6.54 Å². The van der Waals surface area contributed by atoms with Crippen LogP contribution in [0.4, 0.5) is 5.82 Å². The first-order chi connectivity index (χ1) is 13.5. The van der Waals surface area contributed by atoms with E-state index in [0.717, 1.165) is 57.5 Å². The van der Waals surface area contributed by atoms with Gasteiger partial charge in [0.2, 0.25) is 0 Å². The molecule has 0 aromatic carbocycles. The normalized spacial score (nSPS) is 19.1. The maximum absolute atomic E-state index is 11.4. The third kappa shape index (κ3) is 6.91. The van der Waals surface area contributed by atoms with Crippen LogP contribution in [0.5, 0.6) is 0 Å². The molecule has 0 N–H and O–H groups in total. The molecule has 0 radical (unpaired) electrons. The molecule has 3 heterocycles. The number of Topliss-reactive ketones (excluding diaryl/α,β-unsaturated/α-hetero) is 1. The molecule has 1 unspecified atom stereocenters. The lowest BCUT2D eigenvalue weighted by atomic mass is 9.96. The van der Waals surface area contributed by atoms with Crippen LogP contribution in [0.1, 0.15) is 44.0 Å². The standard InChI is InChI=1S/C19H29N4O2P.C2H6/c1-15(24)17-2-3-18(20-12-17)23-10-8-22(9-11-23)13-16-4-6-21(7-5-16)14-19(25)26;1-2/h2-3,12,16H,4-11,13-14,26H2,1H3;1-2H3. The average molecular weight is 407 g/mol. The van der Waals surface area contributed by atoms with Crippen LogP contribution in [0.15, 0.2) is 18.3 Å². The SMILES string of the molecule is CC.CC(=O)c1ccc(N2CCN(CC3CCN(CC(=O)P)CC3)CC2)nc1. The van der Waals surface area contributed by atoms with Crippen molar-refractivity contribution in [2.75, 3.05) is 57.3 Å². The second-order valence-electron chi connectivity index (χ2n) is 7.43. The molecule has 2 aliphatic rings. The Bertz CT molecular complexity index is 622. The number of anilines is 1. The predicted octanol–water partition coefficient (Wildman–Crippen LogP) is 2.55. The van der Waals surface area contributed by atoms with Crippen LogP contribution >= 0.6 is 9.24 Å². The minimum Gasteiger partial charge on any atom is -0.354 e. The number of carbonyl (C=O) groups excluding carboxylic acids is 2. The van der Waals surface area contributed by atoms with Crippen LogP contribution in [-0.2, 0) is 4.79 Å². The number of aromatic nitrogens is 1. The van der Waals surface area contributed by atoms with Gasteiger partial charge in [-0.25, -0.2) is 4.98 Å². The molecule has 0 bridgehead atoms. The molecule has 2 aliphatic heterocycles. The Kier molecular flexibility index (Phi) is 9.49. The second-order valence-corrected chi connectivity index (χ2v) is 8.08. The molecule has 1 aromatic rings. The van der Waals surface area contributed by atoms with Crippen molar-refractivity contribution in [3.8, 4) is 0 Å². The first kappa shape index (κ1) is 22.9. The van der Waals surface area contributed by atoms with Crippen molar-refractivity contribution in [3.63, 3.8) is 0 Å². The smallest absolute Gasteiger partial charge is 0.162 e. The predicted molar refractivity (Wildman–Crippen MR) is 118 cm³/mol. The van der Waals surface area contributed by atoms with Crippen molar-refractivity contribution >= 4 is 26.4 Å². The number of ketones is 1. The highest BCUT2D eigenvalue weighted by Gasteiger charge is 2.24. The quantitative estimate of drug-likeness (QED) is 0.535. The lowest BCUT2D eigenvalue weighted by molar-refractivity contribution is -0.112. The molecule has 2 fully saturated rings. The highest BCUT2D eigenvalue weighted by Crippen LogP contribution is 2.20. The summed E-state index contributed by atoms with van der Waals surface area (Å²) < 4.78 is 0. The number of likely N-dealkylation sites (tertiary alicyclic amines) is 1. The number of hydrogen-bond acceptors (Lipinski definition) is 6. The minimum absolute atomic E-state index is 0.0574. The van der Waals surface area contributed by atoms with Crippen molar-refractivity contribution in [1.82, 2.24) is 14.8 Å². The van der Waals surface area contributed by atoms with E-state index in [9.17, 15) is 9.59 Å². The van der Waals surface area contributed by atoms with Gasteiger partial charge in [-0.05, 0) is 50.9 Å². The number of carbonyl (C=O) groups is 2. The zero-order valence-electron chi connectivity index (χ0n) is 17.6. The molecule has 1 aromatic heterocycles. The van der Waals surface area contributed by atoms with Gasteiger partial charge in [-0.2, -0.15) is 0 Å². The van der Waals surface area contributed by atoms with Crippen LogP contribution < -0.4 is 4.90 Å². The van der Waals surface area contributed by atoms with E-state index < -0.39 is 0 Å². The van der Waals surface area contributed by atoms with E-state index in [-0.39, 0.29) is 11.3 Å².